The number of benzene rings is 2. The molecule has 2 N–H and O–H groups in total. The Morgan fingerprint density at radius 2 is 1.81 bits per heavy atom. The molecule has 4 rings (SSSR count). The Morgan fingerprint density at radius 1 is 1.10 bits per heavy atom. The number of rotatable bonds is 8. The average molecular weight is 671 g/mol. The van der Waals surface area contributed by atoms with Gasteiger partial charge >= 0.3 is 6.18 Å². The number of likely N-dealkylation sites (N-methyl/N-ethyl adjacent to an activating group) is 1. The van der Waals surface area contributed by atoms with Crippen LogP contribution < -0.4 is 10.1 Å². The molecule has 0 saturated carbocycles. The highest BCUT2D eigenvalue weighted by atomic mass is 19.4. The van der Waals surface area contributed by atoms with Crippen LogP contribution in [0.4, 0.5) is 18.9 Å². The Morgan fingerprint density at radius 3 is 2.48 bits per heavy atom. The smallest absolute Gasteiger partial charge is 0.416 e. The number of aliphatic hydroxyl groups excluding tert-OH is 1. The molecule has 0 saturated heterocycles. The Labute approximate surface area is 280 Å². The number of nitrogens with zero attached hydrogens (tertiary/aromatic N) is 3. The van der Waals surface area contributed by atoms with Crippen molar-refractivity contribution in [3.8, 4) is 5.75 Å². The van der Waals surface area contributed by atoms with E-state index < -0.39 is 17.8 Å². The lowest BCUT2D eigenvalue weighted by molar-refractivity contribution is -0.137. The fourth-order valence-corrected chi connectivity index (χ4v) is 5.65. The third-order valence-electron chi connectivity index (χ3n) is 8.48. The number of carbonyl (C=O) groups excluding carboxylic acids is 2. The number of nitrogens with one attached hydrogen (secondary N) is 1. The van der Waals surface area contributed by atoms with Crippen molar-refractivity contribution in [2.45, 2.75) is 71.0 Å². The fourth-order valence-electron chi connectivity index (χ4n) is 5.65. The fraction of sp³-hybridized carbons (Fsp3) is 0.472. The van der Waals surface area contributed by atoms with Gasteiger partial charge in [0.05, 0.1) is 36.0 Å². The Kier molecular flexibility index (Phi) is 13.0. The highest BCUT2D eigenvalue weighted by molar-refractivity contribution is 6.05. The van der Waals surface area contributed by atoms with Crippen LogP contribution in [0, 0.1) is 5.92 Å². The maximum absolute atomic E-state index is 14.3. The molecule has 48 heavy (non-hydrogen) atoms. The normalized spacial score (nSPS) is 20.4. The van der Waals surface area contributed by atoms with Crippen LogP contribution in [0.25, 0.3) is 0 Å². The SMILES string of the molecule is C[C@@H]1CCCCO[C@@H](CN(C)Cc2ccc(C(F)(F)F)cc2)[C@H](C)CN([C@H](C)CO)C(=O)c2cc(NC(=O)c3ccncc3)ccc2O1. The lowest BCUT2D eigenvalue weighted by Crippen LogP contribution is -2.47. The van der Waals surface area contributed by atoms with Gasteiger partial charge in [0.25, 0.3) is 11.8 Å². The summed E-state index contributed by atoms with van der Waals surface area (Å²) in [6.45, 7) is 7.04. The molecular weight excluding hydrogens is 625 g/mol. The van der Waals surface area contributed by atoms with Gasteiger partial charge in [-0.3, -0.25) is 19.5 Å². The quantitative estimate of drug-likeness (QED) is 0.291. The van der Waals surface area contributed by atoms with Gasteiger partial charge in [-0.2, -0.15) is 13.2 Å². The molecule has 0 fully saturated rings. The van der Waals surface area contributed by atoms with Gasteiger partial charge in [0.1, 0.15) is 5.75 Å². The van der Waals surface area contributed by atoms with Crippen LogP contribution in [-0.2, 0) is 17.5 Å². The van der Waals surface area contributed by atoms with Gasteiger partial charge < -0.3 is 24.8 Å². The number of fused-ring (bicyclic) bond motifs is 1. The number of carbonyl (C=O) groups is 2. The van der Waals surface area contributed by atoms with Crippen LogP contribution in [0.2, 0.25) is 0 Å². The van der Waals surface area contributed by atoms with Crippen LogP contribution in [0.1, 0.15) is 71.9 Å². The average Bonchev–Trinajstić information content (AvgIpc) is 3.06. The predicted molar refractivity (Wildman–Crippen MR) is 177 cm³/mol. The maximum atomic E-state index is 14.3. The molecule has 0 unspecified atom stereocenters. The molecule has 260 valence electrons. The van der Waals surface area contributed by atoms with Gasteiger partial charge in [0, 0.05) is 55.8 Å². The molecule has 9 nitrogen and oxygen atoms in total. The minimum Gasteiger partial charge on any atom is -0.490 e. The van der Waals surface area contributed by atoms with Crippen molar-refractivity contribution in [2.75, 3.05) is 38.7 Å². The highest BCUT2D eigenvalue weighted by Crippen LogP contribution is 2.30. The molecule has 2 heterocycles. The molecule has 2 aromatic carbocycles. The zero-order chi connectivity index (χ0) is 34.8. The lowest BCUT2D eigenvalue weighted by Gasteiger charge is -2.36. The van der Waals surface area contributed by atoms with E-state index in [0.717, 1.165) is 37.0 Å². The number of halogens is 3. The molecule has 4 atom stereocenters. The van der Waals surface area contributed by atoms with Gasteiger partial charge in [-0.15, -0.1) is 0 Å². The zero-order valence-corrected chi connectivity index (χ0v) is 27.9. The minimum absolute atomic E-state index is 0.182. The van der Waals surface area contributed by atoms with E-state index in [1.807, 2.05) is 25.8 Å². The molecular formula is C36H45F3N4O5. The first kappa shape index (κ1) is 36.8. The molecule has 3 aromatic rings. The summed E-state index contributed by atoms with van der Waals surface area (Å²) in [5.74, 6) is -0.508. The van der Waals surface area contributed by atoms with Crippen LogP contribution >= 0.6 is 0 Å². The van der Waals surface area contributed by atoms with Crippen molar-refractivity contribution < 1.29 is 37.3 Å². The Balaban J connectivity index is 1.58. The van der Waals surface area contributed by atoms with Crippen molar-refractivity contribution in [3.63, 3.8) is 0 Å². The minimum atomic E-state index is -4.39. The predicted octanol–water partition coefficient (Wildman–Crippen LogP) is 6.28. The Hall–Kier alpha value is -4.00. The van der Waals surface area contributed by atoms with E-state index in [2.05, 4.69) is 10.3 Å². The molecule has 0 radical (unpaired) electrons. The first-order chi connectivity index (χ1) is 22.8. The second-order valence-electron chi connectivity index (χ2n) is 12.6. The Bertz CT molecular complexity index is 1490. The summed E-state index contributed by atoms with van der Waals surface area (Å²) in [6.07, 6.45) is 0.489. The van der Waals surface area contributed by atoms with Crippen molar-refractivity contribution in [1.29, 1.82) is 0 Å². The van der Waals surface area contributed by atoms with Crippen LogP contribution in [0.3, 0.4) is 0 Å². The number of aliphatic hydroxyl groups is 1. The summed E-state index contributed by atoms with van der Waals surface area (Å²) in [5, 5.41) is 13.0. The number of ether oxygens (including phenoxy) is 2. The number of aromatic nitrogens is 1. The largest absolute Gasteiger partial charge is 0.490 e. The summed E-state index contributed by atoms with van der Waals surface area (Å²) in [4.78, 5) is 34.8. The molecule has 0 bridgehead atoms. The summed E-state index contributed by atoms with van der Waals surface area (Å²) < 4.78 is 51.8. The van der Waals surface area contributed by atoms with E-state index in [0.29, 0.717) is 36.7 Å². The van der Waals surface area contributed by atoms with Crippen molar-refractivity contribution >= 4 is 17.5 Å². The van der Waals surface area contributed by atoms with Gasteiger partial charge in [0.2, 0.25) is 0 Å². The van der Waals surface area contributed by atoms with E-state index in [4.69, 9.17) is 9.47 Å². The highest BCUT2D eigenvalue weighted by Gasteiger charge is 2.32. The van der Waals surface area contributed by atoms with E-state index in [-0.39, 0.29) is 48.7 Å². The number of pyridine rings is 1. The van der Waals surface area contributed by atoms with Crippen LogP contribution in [-0.4, -0.2) is 83.3 Å². The summed E-state index contributed by atoms with van der Waals surface area (Å²) in [6, 6.07) is 12.8. The number of anilines is 1. The van der Waals surface area contributed by atoms with Gasteiger partial charge in [-0.25, -0.2) is 0 Å². The van der Waals surface area contributed by atoms with Gasteiger partial charge in [-0.05, 0) is 88.2 Å². The number of hydrogen-bond donors (Lipinski definition) is 2. The van der Waals surface area contributed by atoms with Gasteiger partial charge in [-0.1, -0.05) is 19.1 Å². The van der Waals surface area contributed by atoms with E-state index in [1.165, 1.54) is 24.5 Å². The number of amides is 2. The topological polar surface area (TPSA) is 104 Å². The maximum Gasteiger partial charge on any atom is 0.416 e. The second kappa shape index (κ2) is 16.9. The first-order valence-corrected chi connectivity index (χ1v) is 16.3. The van der Waals surface area contributed by atoms with E-state index >= 15 is 0 Å². The van der Waals surface area contributed by atoms with E-state index in [1.54, 1.807) is 42.2 Å². The number of alkyl halides is 3. The van der Waals surface area contributed by atoms with Gasteiger partial charge in [0.15, 0.2) is 0 Å². The lowest BCUT2D eigenvalue weighted by atomic mass is 10.0. The molecule has 1 aromatic heterocycles. The standard InChI is InChI=1S/C36H45F3N4O5/c1-24-20-43(25(2)23-44)35(46)31-19-30(41-34(45)28-14-16-40-17-15-28)12-13-32(31)48-26(3)7-5-6-18-47-33(24)22-42(4)21-27-8-10-29(11-9-27)36(37,38)39/h8-17,19,24-26,33,44H,5-7,18,20-23H2,1-4H3,(H,41,45)/t24-,25-,26-,33+/m1/s1. The van der Waals surface area contributed by atoms with Crippen molar-refractivity contribution in [1.82, 2.24) is 14.8 Å². The summed E-state index contributed by atoms with van der Waals surface area (Å²) in [7, 11) is 1.88. The van der Waals surface area contributed by atoms with Crippen molar-refractivity contribution in [3.05, 3.63) is 89.2 Å². The monoisotopic (exact) mass is 670 g/mol. The summed E-state index contributed by atoms with van der Waals surface area (Å²) >= 11 is 0. The second-order valence-corrected chi connectivity index (χ2v) is 12.6. The van der Waals surface area contributed by atoms with Crippen molar-refractivity contribution in [2.24, 2.45) is 5.92 Å². The first-order valence-electron chi connectivity index (χ1n) is 16.3. The molecule has 1 aliphatic heterocycles. The zero-order valence-electron chi connectivity index (χ0n) is 27.9. The third kappa shape index (κ3) is 10.2. The number of hydrogen-bond acceptors (Lipinski definition) is 7. The molecule has 0 aliphatic carbocycles. The van der Waals surface area contributed by atoms with Crippen LogP contribution in [0.5, 0.6) is 5.75 Å². The van der Waals surface area contributed by atoms with E-state index in [9.17, 15) is 27.9 Å². The third-order valence-corrected chi connectivity index (χ3v) is 8.48. The molecule has 1 aliphatic rings. The molecule has 2 amide bonds. The summed E-state index contributed by atoms with van der Waals surface area (Å²) in [5.41, 5.74) is 1.14. The molecule has 12 heteroatoms. The van der Waals surface area contributed by atoms with Crippen LogP contribution in [0.15, 0.2) is 67.0 Å². The molecule has 0 spiro atoms.